The van der Waals surface area contributed by atoms with Gasteiger partial charge >= 0.3 is 0 Å². The molecule has 5 nitrogen and oxygen atoms in total. The number of rotatable bonds is 1. The maximum absolute atomic E-state index is 10.8. The van der Waals surface area contributed by atoms with E-state index in [2.05, 4.69) is 10.3 Å². The zero-order valence-corrected chi connectivity index (χ0v) is 13.0. The molecule has 1 aromatic heterocycles. The third-order valence-electron chi connectivity index (χ3n) is 2.91. The molecule has 3 heterocycles. The van der Waals surface area contributed by atoms with Crippen molar-refractivity contribution in [3.63, 3.8) is 0 Å². The molecule has 0 aromatic carbocycles. The van der Waals surface area contributed by atoms with Crippen molar-refractivity contribution in [1.82, 2.24) is 4.90 Å². The number of halogens is 3. The van der Waals surface area contributed by atoms with Gasteiger partial charge in [0.2, 0.25) is 0 Å². The summed E-state index contributed by atoms with van der Waals surface area (Å²) in [7, 11) is 0. The average Bonchev–Trinajstić information content (AvgIpc) is 2.79. The van der Waals surface area contributed by atoms with E-state index in [-0.39, 0.29) is 30.1 Å². The molecule has 9 heteroatoms. The largest absolute Gasteiger partial charge is 0.379 e. The van der Waals surface area contributed by atoms with Crippen molar-refractivity contribution < 1.29 is 9.84 Å². The molecule has 108 valence electrons. The van der Waals surface area contributed by atoms with E-state index >= 15 is 0 Å². The van der Waals surface area contributed by atoms with Crippen molar-refractivity contribution in [2.24, 2.45) is 4.99 Å². The molecule has 0 saturated carbocycles. The fourth-order valence-electron chi connectivity index (χ4n) is 2.08. The van der Waals surface area contributed by atoms with Crippen LogP contribution in [0.25, 0.3) is 0 Å². The highest BCUT2D eigenvalue weighted by atomic mass is 35.5. The van der Waals surface area contributed by atoms with Gasteiger partial charge in [-0.15, -0.1) is 36.2 Å². The zero-order valence-electron chi connectivity index (χ0n) is 9.84. The predicted octanol–water partition coefficient (Wildman–Crippen LogP) is 2.05. The van der Waals surface area contributed by atoms with Crippen LogP contribution in [0.1, 0.15) is 4.88 Å². The number of ether oxygens (including phenoxy) is 1. The molecule has 1 unspecified atom stereocenters. The lowest BCUT2D eigenvalue weighted by Crippen LogP contribution is -2.51. The normalized spacial score (nSPS) is 26.3. The van der Waals surface area contributed by atoms with Crippen molar-refractivity contribution in [1.29, 1.82) is 0 Å². The summed E-state index contributed by atoms with van der Waals surface area (Å²) < 4.78 is 5.29. The first-order chi connectivity index (χ1) is 8.20. The molecule has 3 rings (SSSR count). The Hall–Kier alpha value is -0.0800. The van der Waals surface area contributed by atoms with Crippen LogP contribution in [-0.2, 0) is 10.6 Å². The highest BCUT2D eigenvalue weighted by Gasteiger charge is 2.42. The van der Waals surface area contributed by atoms with E-state index in [1.165, 1.54) is 11.3 Å². The van der Waals surface area contributed by atoms with Crippen LogP contribution in [0, 0.1) is 0 Å². The highest BCUT2D eigenvalue weighted by Crippen LogP contribution is 2.40. The Bertz CT molecular complexity index is 465. The van der Waals surface area contributed by atoms with Gasteiger partial charge in [-0.2, -0.15) is 0 Å². The van der Waals surface area contributed by atoms with E-state index in [0.717, 1.165) is 10.6 Å². The number of thiophene rings is 1. The van der Waals surface area contributed by atoms with Crippen LogP contribution in [0.5, 0.6) is 0 Å². The molecule has 0 radical (unpaired) electrons. The SMILES string of the molecule is Cl.Cl.OC1(N2CCOCC2)N=C(Cl)Nc2ccsc21. The lowest BCUT2D eigenvalue weighted by Gasteiger charge is -2.40. The number of amidine groups is 1. The maximum Gasteiger partial charge on any atom is 0.257 e. The van der Waals surface area contributed by atoms with Gasteiger partial charge in [-0.25, -0.2) is 9.89 Å². The predicted molar refractivity (Wildman–Crippen MR) is 82.0 cm³/mol. The number of anilines is 1. The van der Waals surface area contributed by atoms with Gasteiger partial charge in [-0.05, 0) is 23.0 Å². The zero-order chi connectivity index (χ0) is 11.9. The van der Waals surface area contributed by atoms with Gasteiger partial charge in [0.05, 0.1) is 23.8 Å². The van der Waals surface area contributed by atoms with Crippen LogP contribution in [0.4, 0.5) is 5.69 Å². The standard InChI is InChI=1S/C10H12ClN3O2S.2ClH/c11-9-12-7-1-6-17-8(7)10(15,13-9)14-2-4-16-5-3-14;;/h1,6,15H,2-5H2,(H,12,13);2*1H. The summed E-state index contributed by atoms with van der Waals surface area (Å²) in [4.78, 5) is 6.82. The van der Waals surface area contributed by atoms with Crippen LogP contribution in [0.3, 0.4) is 0 Å². The average molecular weight is 347 g/mol. The molecule has 1 atom stereocenters. The second-order valence-electron chi connectivity index (χ2n) is 3.93. The Morgan fingerprint density at radius 2 is 2.11 bits per heavy atom. The molecule has 1 aromatic rings. The minimum atomic E-state index is -1.35. The molecule has 2 aliphatic heterocycles. The number of hydrogen-bond donors (Lipinski definition) is 2. The summed E-state index contributed by atoms with van der Waals surface area (Å²) in [6.45, 7) is 2.48. The van der Waals surface area contributed by atoms with Crippen molar-refractivity contribution in [2.75, 3.05) is 31.6 Å². The second-order valence-corrected chi connectivity index (χ2v) is 5.20. The Labute approximate surface area is 132 Å². The van der Waals surface area contributed by atoms with Gasteiger partial charge in [-0.1, -0.05) is 0 Å². The maximum atomic E-state index is 10.8. The minimum absolute atomic E-state index is 0. The quantitative estimate of drug-likeness (QED) is 0.764. The summed E-state index contributed by atoms with van der Waals surface area (Å²) in [5.74, 6) is -1.35. The number of hydrogen-bond acceptors (Lipinski definition) is 6. The van der Waals surface area contributed by atoms with E-state index in [1.807, 2.05) is 16.3 Å². The molecule has 0 spiro atoms. The summed E-state index contributed by atoms with van der Waals surface area (Å²) in [6.07, 6.45) is 0. The van der Waals surface area contributed by atoms with Gasteiger partial charge in [0.1, 0.15) is 0 Å². The molecular formula is C10H14Cl3N3O2S. The number of nitrogens with one attached hydrogen (secondary N) is 1. The van der Waals surface area contributed by atoms with E-state index in [9.17, 15) is 5.11 Å². The van der Waals surface area contributed by atoms with Crippen molar-refractivity contribution in [3.8, 4) is 0 Å². The van der Waals surface area contributed by atoms with Gasteiger partial charge in [0, 0.05) is 13.1 Å². The van der Waals surface area contributed by atoms with Crippen molar-refractivity contribution >= 4 is 58.7 Å². The van der Waals surface area contributed by atoms with Crippen LogP contribution in [0.2, 0.25) is 0 Å². The Kier molecular flexibility index (Phi) is 5.88. The monoisotopic (exact) mass is 345 g/mol. The lowest BCUT2D eigenvalue weighted by atomic mass is 10.2. The molecule has 2 aliphatic rings. The van der Waals surface area contributed by atoms with E-state index in [4.69, 9.17) is 16.3 Å². The third-order valence-corrected chi connectivity index (χ3v) is 4.09. The molecule has 0 bridgehead atoms. The molecule has 1 fully saturated rings. The van der Waals surface area contributed by atoms with Gasteiger partial charge in [0.25, 0.3) is 5.85 Å². The Morgan fingerprint density at radius 1 is 1.42 bits per heavy atom. The number of fused-ring (bicyclic) bond motifs is 1. The first kappa shape index (κ1) is 17.0. The minimum Gasteiger partial charge on any atom is -0.379 e. The Balaban J connectivity index is 0.000000902. The summed E-state index contributed by atoms with van der Waals surface area (Å²) >= 11 is 7.40. The van der Waals surface area contributed by atoms with E-state index < -0.39 is 5.85 Å². The summed E-state index contributed by atoms with van der Waals surface area (Å²) in [5.41, 5.74) is 0.823. The second kappa shape index (κ2) is 6.58. The van der Waals surface area contributed by atoms with Crippen LogP contribution in [0.15, 0.2) is 16.4 Å². The summed E-state index contributed by atoms with van der Waals surface area (Å²) in [6, 6.07) is 1.89. The van der Waals surface area contributed by atoms with Crippen LogP contribution < -0.4 is 5.32 Å². The fourth-order valence-corrected chi connectivity index (χ4v) is 3.22. The third kappa shape index (κ3) is 3.00. The first-order valence-corrected chi connectivity index (χ1v) is 6.61. The molecule has 1 saturated heterocycles. The fraction of sp³-hybridized carbons (Fsp3) is 0.500. The van der Waals surface area contributed by atoms with Gasteiger partial charge in [0.15, 0.2) is 5.29 Å². The van der Waals surface area contributed by atoms with Gasteiger partial charge in [-0.3, -0.25) is 0 Å². The molecule has 19 heavy (non-hydrogen) atoms. The molecule has 0 aliphatic carbocycles. The summed E-state index contributed by atoms with van der Waals surface area (Å²) in [5, 5.41) is 15.8. The van der Waals surface area contributed by atoms with Crippen molar-refractivity contribution in [2.45, 2.75) is 5.85 Å². The number of aliphatic imine (C=N–C) groups is 1. The van der Waals surface area contributed by atoms with E-state index in [0.29, 0.717) is 26.3 Å². The van der Waals surface area contributed by atoms with E-state index in [1.54, 1.807) is 0 Å². The van der Waals surface area contributed by atoms with Crippen LogP contribution in [-0.4, -0.2) is 41.6 Å². The Morgan fingerprint density at radius 3 is 2.79 bits per heavy atom. The van der Waals surface area contributed by atoms with Crippen LogP contribution >= 0.6 is 47.8 Å². The number of morpholine rings is 1. The lowest BCUT2D eigenvalue weighted by molar-refractivity contribution is -0.139. The first-order valence-electron chi connectivity index (χ1n) is 5.36. The number of aliphatic hydroxyl groups is 1. The smallest absolute Gasteiger partial charge is 0.257 e. The molecular weight excluding hydrogens is 333 g/mol. The van der Waals surface area contributed by atoms with Crippen molar-refractivity contribution in [3.05, 3.63) is 16.3 Å². The highest BCUT2D eigenvalue weighted by molar-refractivity contribution is 7.10. The topological polar surface area (TPSA) is 57.1 Å². The molecule has 0 amide bonds. The van der Waals surface area contributed by atoms with Gasteiger partial charge < -0.3 is 15.2 Å². The molecule has 2 N–H and O–H groups in total. The number of nitrogens with zero attached hydrogens (tertiary/aromatic N) is 2.